The SMILES string of the molecule is CS(=O)(=O)N1CCCc2cc(C(=O)COC(=O)CNC(=O)c3ccco3)ccc21. The van der Waals surface area contributed by atoms with Crippen molar-refractivity contribution in [2.75, 3.05) is 30.3 Å². The molecule has 0 radical (unpaired) electrons. The number of aryl methyl sites for hydroxylation is 1. The van der Waals surface area contributed by atoms with Crippen LogP contribution in [0.4, 0.5) is 5.69 Å². The van der Waals surface area contributed by atoms with Crippen molar-refractivity contribution in [2.24, 2.45) is 0 Å². The zero-order chi connectivity index (χ0) is 21.0. The number of nitrogens with one attached hydrogen (secondary N) is 1. The number of nitrogens with zero attached hydrogens (tertiary/aromatic N) is 1. The minimum absolute atomic E-state index is 0.0612. The number of rotatable bonds is 7. The summed E-state index contributed by atoms with van der Waals surface area (Å²) in [6, 6.07) is 7.72. The number of esters is 1. The van der Waals surface area contributed by atoms with Gasteiger partial charge in [-0.3, -0.25) is 18.7 Å². The summed E-state index contributed by atoms with van der Waals surface area (Å²) in [4.78, 5) is 35.7. The Bertz CT molecular complexity index is 1030. The Morgan fingerprint density at radius 1 is 1.24 bits per heavy atom. The maximum atomic E-state index is 12.3. The highest BCUT2D eigenvalue weighted by atomic mass is 32.2. The second kappa shape index (κ2) is 8.48. The molecular weight excluding hydrogens is 400 g/mol. The molecule has 10 heteroatoms. The van der Waals surface area contributed by atoms with E-state index in [-0.39, 0.29) is 5.76 Å². The Labute approximate surface area is 167 Å². The highest BCUT2D eigenvalue weighted by Crippen LogP contribution is 2.30. The molecule has 0 spiro atoms. The van der Waals surface area contributed by atoms with Gasteiger partial charge in [0, 0.05) is 12.1 Å². The highest BCUT2D eigenvalue weighted by molar-refractivity contribution is 7.92. The van der Waals surface area contributed by atoms with E-state index in [1.165, 1.54) is 22.7 Å². The molecule has 1 aromatic carbocycles. The third kappa shape index (κ3) is 5.02. The van der Waals surface area contributed by atoms with Crippen LogP contribution in [-0.4, -0.2) is 52.0 Å². The molecule has 29 heavy (non-hydrogen) atoms. The predicted molar refractivity (Wildman–Crippen MR) is 103 cm³/mol. The first-order chi connectivity index (χ1) is 13.8. The number of carbonyl (C=O) groups excluding carboxylic acids is 3. The molecule has 0 aliphatic carbocycles. The summed E-state index contributed by atoms with van der Waals surface area (Å²) in [5, 5.41) is 2.33. The summed E-state index contributed by atoms with van der Waals surface area (Å²) in [7, 11) is -3.39. The fraction of sp³-hybridized carbons (Fsp3) is 0.316. The molecule has 1 aromatic heterocycles. The number of hydrogen-bond donors (Lipinski definition) is 1. The zero-order valence-corrected chi connectivity index (χ0v) is 16.5. The largest absolute Gasteiger partial charge is 0.459 e. The van der Waals surface area contributed by atoms with Crippen molar-refractivity contribution < 1.29 is 32.0 Å². The van der Waals surface area contributed by atoms with Crippen LogP contribution in [0.15, 0.2) is 41.0 Å². The molecule has 1 amide bonds. The van der Waals surface area contributed by atoms with Gasteiger partial charge in [0.15, 0.2) is 18.2 Å². The summed E-state index contributed by atoms with van der Waals surface area (Å²) in [6.45, 7) is -0.481. The number of ether oxygens (including phenoxy) is 1. The molecule has 1 aliphatic heterocycles. The topological polar surface area (TPSA) is 123 Å². The van der Waals surface area contributed by atoms with Gasteiger partial charge in [0.05, 0.1) is 18.2 Å². The fourth-order valence-corrected chi connectivity index (χ4v) is 4.00. The Morgan fingerprint density at radius 3 is 2.72 bits per heavy atom. The van der Waals surface area contributed by atoms with Crippen LogP contribution in [0.25, 0.3) is 0 Å². The number of benzene rings is 1. The third-order valence-electron chi connectivity index (χ3n) is 4.38. The van der Waals surface area contributed by atoms with E-state index < -0.39 is 40.8 Å². The van der Waals surface area contributed by atoms with Crippen molar-refractivity contribution in [2.45, 2.75) is 12.8 Å². The average Bonchev–Trinajstić information content (AvgIpc) is 3.23. The molecule has 3 rings (SSSR count). The molecule has 0 fully saturated rings. The molecule has 0 unspecified atom stereocenters. The van der Waals surface area contributed by atoms with Crippen LogP contribution in [0, 0.1) is 0 Å². The lowest BCUT2D eigenvalue weighted by Gasteiger charge is -2.29. The van der Waals surface area contributed by atoms with Gasteiger partial charge in [0.1, 0.15) is 6.54 Å². The lowest BCUT2D eigenvalue weighted by atomic mass is 9.99. The first-order valence-corrected chi connectivity index (χ1v) is 10.7. The normalized spacial score (nSPS) is 13.5. The number of amides is 1. The van der Waals surface area contributed by atoms with Crippen LogP contribution < -0.4 is 9.62 Å². The standard InChI is InChI=1S/C19H20N2O7S/c1-29(25,26)21-8-2-4-13-10-14(6-7-15(13)21)16(22)12-28-18(23)11-20-19(24)17-5-3-9-27-17/h3,5-7,9-10H,2,4,8,11-12H2,1H3,(H,20,24). The number of carbonyl (C=O) groups is 3. The lowest BCUT2D eigenvalue weighted by molar-refractivity contribution is -0.141. The van der Waals surface area contributed by atoms with Crippen LogP contribution in [0.2, 0.25) is 0 Å². The molecule has 0 saturated carbocycles. The first kappa shape index (κ1) is 20.6. The monoisotopic (exact) mass is 420 g/mol. The summed E-state index contributed by atoms with van der Waals surface area (Å²) in [6.07, 6.45) is 3.79. The third-order valence-corrected chi connectivity index (χ3v) is 5.56. The van der Waals surface area contributed by atoms with Crippen LogP contribution in [0.1, 0.15) is 32.9 Å². The van der Waals surface area contributed by atoms with Gasteiger partial charge in [-0.15, -0.1) is 0 Å². The maximum absolute atomic E-state index is 12.3. The highest BCUT2D eigenvalue weighted by Gasteiger charge is 2.25. The minimum atomic E-state index is -3.39. The Kier molecular flexibility index (Phi) is 6.02. The van der Waals surface area contributed by atoms with Crippen LogP contribution in [0.3, 0.4) is 0 Å². The van der Waals surface area contributed by atoms with E-state index in [9.17, 15) is 22.8 Å². The van der Waals surface area contributed by atoms with Gasteiger partial charge in [0.2, 0.25) is 10.0 Å². The summed E-state index contributed by atoms with van der Waals surface area (Å²) >= 11 is 0. The zero-order valence-electron chi connectivity index (χ0n) is 15.7. The number of fused-ring (bicyclic) bond motifs is 1. The molecule has 0 bridgehead atoms. The van der Waals surface area contributed by atoms with E-state index in [1.54, 1.807) is 18.2 Å². The van der Waals surface area contributed by atoms with Crippen molar-refractivity contribution in [1.82, 2.24) is 5.32 Å². The van der Waals surface area contributed by atoms with Crippen LogP contribution >= 0.6 is 0 Å². The van der Waals surface area contributed by atoms with Gasteiger partial charge in [-0.25, -0.2) is 8.42 Å². The van der Waals surface area contributed by atoms with Crippen molar-refractivity contribution in [3.8, 4) is 0 Å². The second-order valence-corrected chi connectivity index (χ2v) is 8.43. The van der Waals surface area contributed by atoms with E-state index in [4.69, 9.17) is 9.15 Å². The molecule has 1 aliphatic rings. The Hall–Kier alpha value is -3.14. The second-order valence-electron chi connectivity index (χ2n) is 6.53. The minimum Gasteiger partial charge on any atom is -0.459 e. The van der Waals surface area contributed by atoms with E-state index in [0.29, 0.717) is 30.6 Å². The Balaban J connectivity index is 1.56. The number of Topliss-reactive ketones (excluding diaryl/α,β-unsaturated/α-hetero) is 1. The van der Waals surface area contributed by atoms with Crippen molar-refractivity contribution in [3.63, 3.8) is 0 Å². The van der Waals surface area contributed by atoms with Gasteiger partial charge < -0.3 is 14.5 Å². The molecule has 1 N–H and O–H groups in total. The van der Waals surface area contributed by atoms with Gasteiger partial charge in [-0.2, -0.15) is 0 Å². The lowest BCUT2D eigenvalue weighted by Crippen LogP contribution is -2.34. The quantitative estimate of drug-likeness (QED) is 0.526. The Morgan fingerprint density at radius 2 is 2.03 bits per heavy atom. The first-order valence-electron chi connectivity index (χ1n) is 8.87. The summed E-state index contributed by atoms with van der Waals surface area (Å²) < 4.78 is 34.9. The average molecular weight is 420 g/mol. The van der Waals surface area contributed by atoms with Crippen LogP contribution in [-0.2, 0) is 26.0 Å². The fourth-order valence-electron chi connectivity index (χ4n) is 3.01. The van der Waals surface area contributed by atoms with Crippen molar-refractivity contribution in [1.29, 1.82) is 0 Å². The molecule has 2 aromatic rings. The van der Waals surface area contributed by atoms with E-state index in [0.717, 1.165) is 11.8 Å². The van der Waals surface area contributed by atoms with Crippen molar-refractivity contribution in [3.05, 3.63) is 53.5 Å². The van der Waals surface area contributed by atoms with Gasteiger partial charge >= 0.3 is 5.97 Å². The maximum Gasteiger partial charge on any atom is 0.325 e. The van der Waals surface area contributed by atoms with E-state index >= 15 is 0 Å². The molecule has 154 valence electrons. The van der Waals surface area contributed by atoms with Crippen molar-refractivity contribution >= 4 is 33.4 Å². The summed E-state index contributed by atoms with van der Waals surface area (Å²) in [5.41, 5.74) is 1.64. The molecule has 0 atom stereocenters. The number of ketones is 1. The van der Waals surface area contributed by atoms with Gasteiger partial charge in [-0.1, -0.05) is 0 Å². The van der Waals surface area contributed by atoms with Crippen LogP contribution in [0.5, 0.6) is 0 Å². The molecule has 0 saturated heterocycles. The smallest absolute Gasteiger partial charge is 0.325 e. The molecule has 2 heterocycles. The van der Waals surface area contributed by atoms with Gasteiger partial charge in [-0.05, 0) is 48.7 Å². The summed E-state index contributed by atoms with van der Waals surface area (Å²) in [5.74, 6) is -1.69. The molecule has 9 nitrogen and oxygen atoms in total. The number of sulfonamides is 1. The number of furan rings is 1. The molecular formula is C19H20N2O7S. The van der Waals surface area contributed by atoms with E-state index in [2.05, 4.69) is 5.32 Å². The predicted octanol–water partition coefficient (Wildman–Crippen LogP) is 1.15. The number of anilines is 1. The number of hydrogen-bond acceptors (Lipinski definition) is 7. The van der Waals surface area contributed by atoms with E-state index in [1.807, 2.05) is 0 Å². The van der Waals surface area contributed by atoms with Gasteiger partial charge in [0.25, 0.3) is 5.91 Å².